The monoisotopic (exact) mass is 349 g/mol. The lowest BCUT2D eigenvalue weighted by Gasteiger charge is -2.19. The molecular formula is C16H16ClN3O4. The van der Waals surface area contributed by atoms with Crippen LogP contribution in [-0.4, -0.2) is 9.85 Å². The van der Waals surface area contributed by atoms with Gasteiger partial charge in [0.25, 0.3) is 11.4 Å². The molecule has 2 aromatic rings. The van der Waals surface area contributed by atoms with Crippen molar-refractivity contribution in [2.75, 3.05) is 5.32 Å². The van der Waals surface area contributed by atoms with Gasteiger partial charge in [-0.1, -0.05) is 38.4 Å². The Morgan fingerprint density at radius 3 is 1.96 bits per heavy atom. The SMILES string of the molecule is CC(C)(C)c1cc([N+](=O)[O-])c(Nc2cccc(Cl)c2)c([N+](=O)[O-])c1. The summed E-state index contributed by atoms with van der Waals surface area (Å²) in [5.74, 6) is 0. The molecule has 1 N–H and O–H groups in total. The van der Waals surface area contributed by atoms with Crippen molar-refractivity contribution in [3.05, 3.63) is 67.2 Å². The van der Waals surface area contributed by atoms with Gasteiger partial charge in [-0.2, -0.15) is 0 Å². The van der Waals surface area contributed by atoms with Crippen molar-refractivity contribution in [1.29, 1.82) is 0 Å². The maximum atomic E-state index is 11.4. The van der Waals surface area contributed by atoms with E-state index in [-0.39, 0.29) is 17.1 Å². The summed E-state index contributed by atoms with van der Waals surface area (Å²) >= 11 is 5.89. The van der Waals surface area contributed by atoms with E-state index in [1.54, 1.807) is 18.2 Å². The van der Waals surface area contributed by atoms with Crippen LogP contribution in [0.5, 0.6) is 0 Å². The van der Waals surface area contributed by atoms with E-state index in [9.17, 15) is 20.2 Å². The molecule has 2 aromatic carbocycles. The number of nitrogens with zero attached hydrogens (tertiary/aromatic N) is 2. The standard InChI is InChI=1S/C16H16ClN3O4/c1-16(2,3)10-7-13(19(21)22)15(14(8-10)20(23)24)18-12-6-4-5-11(17)9-12/h4-9,18H,1-3H3. The van der Waals surface area contributed by atoms with Gasteiger partial charge in [0.05, 0.1) is 9.85 Å². The second-order valence-corrected chi connectivity index (χ2v) is 6.73. The minimum atomic E-state index is -0.630. The third kappa shape index (κ3) is 3.80. The lowest BCUT2D eigenvalue weighted by molar-refractivity contribution is -0.392. The van der Waals surface area contributed by atoms with E-state index in [1.165, 1.54) is 18.2 Å². The highest BCUT2D eigenvalue weighted by Gasteiger charge is 2.30. The van der Waals surface area contributed by atoms with Crippen molar-refractivity contribution >= 4 is 34.4 Å². The second kappa shape index (κ2) is 6.45. The molecule has 0 spiro atoms. The zero-order chi connectivity index (χ0) is 18.1. The zero-order valence-electron chi connectivity index (χ0n) is 13.4. The van der Waals surface area contributed by atoms with Crippen LogP contribution in [0.3, 0.4) is 0 Å². The summed E-state index contributed by atoms with van der Waals surface area (Å²) in [6, 6.07) is 9.16. The van der Waals surface area contributed by atoms with Crippen LogP contribution in [0.1, 0.15) is 26.3 Å². The van der Waals surface area contributed by atoms with Crippen LogP contribution < -0.4 is 5.32 Å². The minimum Gasteiger partial charge on any atom is -0.344 e. The molecule has 8 heteroatoms. The maximum absolute atomic E-state index is 11.4. The lowest BCUT2D eigenvalue weighted by Crippen LogP contribution is -2.13. The van der Waals surface area contributed by atoms with Crippen molar-refractivity contribution in [1.82, 2.24) is 0 Å². The van der Waals surface area contributed by atoms with Crippen molar-refractivity contribution in [3.8, 4) is 0 Å². The van der Waals surface area contributed by atoms with E-state index in [4.69, 9.17) is 11.6 Å². The molecule has 0 aromatic heterocycles. The highest BCUT2D eigenvalue weighted by Crippen LogP contribution is 2.40. The second-order valence-electron chi connectivity index (χ2n) is 6.29. The Bertz CT molecular complexity index is 780. The Morgan fingerprint density at radius 1 is 1.00 bits per heavy atom. The Balaban J connectivity index is 2.68. The predicted molar refractivity (Wildman–Crippen MR) is 93.2 cm³/mol. The Kier molecular flexibility index (Phi) is 4.75. The van der Waals surface area contributed by atoms with Crippen molar-refractivity contribution in [2.24, 2.45) is 0 Å². The first-order valence-electron chi connectivity index (χ1n) is 7.09. The van der Waals surface area contributed by atoms with Gasteiger partial charge in [-0.05, 0) is 29.2 Å². The fourth-order valence-electron chi connectivity index (χ4n) is 2.17. The van der Waals surface area contributed by atoms with E-state index >= 15 is 0 Å². The maximum Gasteiger partial charge on any atom is 0.300 e. The van der Waals surface area contributed by atoms with Gasteiger partial charge in [0.1, 0.15) is 0 Å². The first kappa shape index (κ1) is 17.7. The normalized spacial score (nSPS) is 11.2. The summed E-state index contributed by atoms with van der Waals surface area (Å²) < 4.78 is 0. The fraction of sp³-hybridized carbons (Fsp3) is 0.250. The molecule has 0 radical (unpaired) electrons. The molecule has 0 saturated heterocycles. The molecule has 0 atom stereocenters. The quantitative estimate of drug-likeness (QED) is 0.604. The molecule has 0 aliphatic carbocycles. The average Bonchev–Trinajstić information content (AvgIpc) is 2.45. The van der Waals surface area contributed by atoms with Gasteiger partial charge in [-0.3, -0.25) is 20.2 Å². The molecule has 0 fully saturated rings. The number of hydrogen-bond donors (Lipinski definition) is 1. The van der Waals surface area contributed by atoms with Crippen LogP contribution in [0.2, 0.25) is 5.02 Å². The number of nitrogens with one attached hydrogen (secondary N) is 1. The summed E-state index contributed by atoms with van der Waals surface area (Å²) in [6.45, 7) is 5.50. The van der Waals surface area contributed by atoms with Crippen LogP contribution in [-0.2, 0) is 5.41 Å². The summed E-state index contributed by atoms with van der Waals surface area (Å²) in [7, 11) is 0. The van der Waals surface area contributed by atoms with Gasteiger partial charge in [0, 0.05) is 22.8 Å². The van der Waals surface area contributed by atoms with E-state index in [2.05, 4.69) is 5.32 Å². The molecule has 7 nitrogen and oxygen atoms in total. The fourth-order valence-corrected chi connectivity index (χ4v) is 2.36. The Morgan fingerprint density at radius 2 is 1.54 bits per heavy atom. The molecule has 0 bridgehead atoms. The molecule has 126 valence electrons. The molecule has 0 aliphatic rings. The van der Waals surface area contributed by atoms with Gasteiger partial charge < -0.3 is 5.32 Å². The van der Waals surface area contributed by atoms with Gasteiger partial charge in [-0.25, -0.2) is 0 Å². The molecule has 2 rings (SSSR count). The van der Waals surface area contributed by atoms with Crippen LogP contribution in [0, 0.1) is 20.2 Å². The van der Waals surface area contributed by atoms with Gasteiger partial charge in [0.2, 0.25) is 0 Å². The van der Waals surface area contributed by atoms with Gasteiger partial charge >= 0.3 is 0 Å². The zero-order valence-corrected chi connectivity index (χ0v) is 14.1. The number of rotatable bonds is 4. The smallest absolute Gasteiger partial charge is 0.300 e. The summed E-state index contributed by atoms with van der Waals surface area (Å²) in [6.07, 6.45) is 0. The number of benzene rings is 2. The first-order valence-corrected chi connectivity index (χ1v) is 7.47. The number of nitro benzene ring substituents is 2. The van der Waals surface area contributed by atoms with Crippen molar-refractivity contribution < 1.29 is 9.85 Å². The molecule has 24 heavy (non-hydrogen) atoms. The Hall–Kier alpha value is -2.67. The minimum absolute atomic E-state index is 0.166. The molecular weight excluding hydrogens is 334 g/mol. The number of hydrogen-bond acceptors (Lipinski definition) is 5. The number of nitro groups is 2. The highest BCUT2D eigenvalue weighted by atomic mass is 35.5. The molecule has 0 saturated carbocycles. The average molecular weight is 350 g/mol. The highest BCUT2D eigenvalue weighted by molar-refractivity contribution is 6.30. The van der Waals surface area contributed by atoms with Crippen molar-refractivity contribution in [2.45, 2.75) is 26.2 Å². The number of halogens is 1. The largest absolute Gasteiger partial charge is 0.344 e. The van der Waals surface area contributed by atoms with Crippen LogP contribution in [0.4, 0.5) is 22.7 Å². The van der Waals surface area contributed by atoms with E-state index < -0.39 is 15.3 Å². The van der Waals surface area contributed by atoms with Crippen molar-refractivity contribution in [3.63, 3.8) is 0 Å². The van der Waals surface area contributed by atoms with E-state index in [0.29, 0.717) is 16.3 Å². The van der Waals surface area contributed by atoms with Crippen LogP contribution >= 0.6 is 11.6 Å². The Labute approximate surface area is 143 Å². The predicted octanol–water partition coefficient (Wildman–Crippen LogP) is 5.20. The molecule has 0 heterocycles. The lowest BCUT2D eigenvalue weighted by atomic mass is 9.86. The van der Waals surface area contributed by atoms with Crippen LogP contribution in [0.15, 0.2) is 36.4 Å². The number of anilines is 2. The third-order valence-electron chi connectivity index (χ3n) is 3.45. The first-order chi connectivity index (χ1) is 11.1. The molecule has 0 amide bonds. The van der Waals surface area contributed by atoms with E-state index in [1.807, 2.05) is 20.8 Å². The molecule has 0 unspecified atom stereocenters. The van der Waals surface area contributed by atoms with Crippen LogP contribution in [0.25, 0.3) is 0 Å². The van der Waals surface area contributed by atoms with Gasteiger partial charge in [-0.15, -0.1) is 0 Å². The summed E-state index contributed by atoms with van der Waals surface area (Å²) in [4.78, 5) is 21.6. The van der Waals surface area contributed by atoms with Gasteiger partial charge in [0.15, 0.2) is 5.69 Å². The topological polar surface area (TPSA) is 98.3 Å². The summed E-state index contributed by atoms with van der Waals surface area (Å²) in [5, 5.41) is 26.1. The molecule has 0 aliphatic heterocycles. The summed E-state index contributed by atoms with van der Waals surface area (Å²) in [5.41, 5.74) is -0.400. The van der Waals surface area contributed by atoms with E-state index in [0.717, 1.165) is 0 Å². The third-order valence-corrected chi connectivity index (χ3v) is 3.69.